The average molecular weight is 911 g/mol. The van der Waals surface area contributed by atoms with E-state index in [1.165, 1.54) is 29.2 Å². The number of alkyl carbamates (subject to hydrolysis) is 1. The Hall–Kier alpha value is -5.79. The first kappa shape index (κ1) is 43.5. The summed E-state index contributed by atoms with van der Waals surface area (Å²) in [5.41, 5.74) is -2.15. The number of amides is 4. The third-order valence-corrected chi connectivity index (χ3v) is 14.5. The van der Waals surface area contributed by atoms with Crippen LogP contribution >= 0.6 is 0 Å². The molecule has 2 aromatic carbocycles. The molecule has 3 aliphatic carbocycles. The van der Waals surface area contributed by atoms with E-state index in [4.69, 9.17) is 13.9 Å². The van der Waals surface area contributed by atoms with Crippen LogP contribution in [0.3, 0.4) is 0 Å². The molecule has 2 aromatic heterocycles. The number of benzene rings is 2. The number of allylic oxidation sites excluding steroid dienone is 1. The zero-order valence-corrected chi connectivity index (χ0v) is 35.3. The molecule has 0 spiro atoms. The topological polar surface area (TPSA) is 199 Å². The number of hydrogen-bond acceptors (Lipinski definition) is 11. The van der Waals surface area contributed by atoms with E-state index < -0.39 is 86.3 Å². The molecule has 4 aromatic rings. The summed E-state index contributed by atoms with van der Waals surface area (Å²) in [6.45, 7) is -0.249. The zero-order chi connectivity index (χ0) is 45.0. The van der Waals surface area contributed by atoms with E-state index in [-0.39, 0.29) is 65.9 Å². The number of carbonyl (C=O) groups excluding carboxylic acids is 4. The van der Waals surface area contributed by atoms with E-state index in [2.05, 4.69) is 25.3 Å². The third kappa shape index (κ3) is 8.97. The first-order valence-electron chi connectivity index (χ1n) is 21.6. The molecular formula is C44H46F4N6O9S. The van der Waals surface area contributed by atoms with E-state index in [9.17, 15) is 45.2 Å². The van der Waals surface area contributed by atoms with Gasteiger partial charge in [0.25, 0.3) is 11.8 Å². The fraction of sp³-hybridized carbons (Fsp3) is 0.500. The van der Waals surface area contributed by atoms with E-state index in [1.807, 2.05) is 6.08 Å². The van der Waals surface area contributed by atoms with Gasteiger partial charge in [0.2, 0.25) is 27.4 Å². The maximum absolute atomic E-state index is 14.7. The maximum atomic E-state index is 14.7. The monoisotopic (exact) mass is 910 g/mol. The lowest BCUT2D eigenvalue weighted by Gasteiger charge is -2.30. The third-order valence-electron chi connectivity index (χ3n) is 12.7. The van der Waals surface area contributed by atoms with E-state index in [0.717, 1.165) is 37.5 Å². The predicted molar refractivity (Wildman–Crippen MR) is 221 cm³/mol. The maximum Gasteiger partial charge on any atom is 0.416 e. The minimum Gasteiger partial charge on any atom is -0.470 e. The summed E-state index contributed by atoms with van der Waals surface area (Å²) in [6.07, 6.45) is 3.71. The minimum atomic E-state index is -4.60. The number of nitrogens with one attached hydrogen (secondary N) is 3. The van der Waals surface area contributed by atoms with Crippen molar-refractivity contribution in [2.24, 2.45) is 5.92 Å². The van der Waals surface area contributed by atoms with E-state index in [1.54, 1.807) is 6.08 Å². The highest BCUT2D eigenvalue weighted by Crippen LogP contribution is 2.46. The highest BCUT2D eigenvalue weighted by molar-refractivity contribution is 7.91. The van der Waals surface area contributed by atoms with Gasteiger partial charge >= 0.3 is 12.3 Å². The summed E-state index contributed by atoms with van der Waals surface area (Å²) in [6, 6.07) is 5.43. The smallest absolute Gasteiger partial charge is 0.416 e. The molecule has 64 heavy (non-hydrogen) atoms. The van der Waals surface area contributed by atoms with Crippen molar-refractivity contribution in [2.45, 2.75) is 125 Å². The molecule has 9 rings (SSSR count). The number of rotatable bonds is 8. The summed E-state index contributed by atoms with van der Waals surface area (Å²) in [5, 5.41) is 5.20. The van der Waals surface area contributed by atoms with Crippen LogP contribution in [0.25, 0.3) is 33.5 Å². The molecule has 20 heteroatoms. The Morgan fingerprint density at radius 2 is 1.69 bits per heavy atom. The Kier molecular flexibility index (Phi) is 11.5. The Balaban J connectivity index is 1.06. The second-order valence-electron chi connectivity index (χ2n) is 17.4. The highest BCUT2D eigenvalue weighted by atomic mass is 32.2. The van der Waals surface area contributed by atoms with Gasteiger partial charge in [-0.05, 0) is 88.5 Å². The Morgan fingerprint density at radius 3 is 2.42 bits per heavy atom. The van der Waals surface area contributed by atoms with Crippen molar-refractivity contribution < 1.29 is 59.0 Å². The van der Waals surface area contributed by atoms with Crippen LogP contribution in [0.15, 0.2) is 59.0 Å². The lowest BCUT2D eigenvalue weighted by molar-refractivity contribution is -0.141. The molecule has 4 heterocycles. The first-order chi connectivity index (χ1) is 30.6. The quantitative estimate of drug-likeness (QED) is 0.127. The Morgan fingerprint density at radius 1 is 0.938 bits per heavy atom. The summed E-state index contributed by atoms with van der Waals surface area (Å²) >= 11 is 0. The van der Waals surface area contributed by atoms with Crippen molar-refractivity contribution in [2.75, 3.05) is 6.54 Å². The molecular weight excluding hydrogens is 865 g/mol. The number of sulfonamides is 1. The van der Waals surface area contributed by atoms with Crippen molar-refractivity contribution in [1.29, 1.82) is 0 Å². The lowest BCUT2D eigenvalue weighted by atomic mass is 10.0. The average Bonchev–Trinajstić information content (AvgIpc) is 4.06. The van der Waals surface area contributed by atoms with Crippen LogP contribution in [-0.4, -0.2) is 88.7 Å². The van der Waals surface area contributed by atoms with Gasteiger partial charge in [-0.25, -0.2) is 22.6 Å². The second kappa shape index (κ2) is 17.0. The van der Waals surface area contributed by atoms with Crippen molar-refractivity contribution >= 4 is 55.9 Å². The van der Waals surface area contributed by atoms with Crippen molar-refractivity contribution in [1.82, 2.24) is 30.2 Å². The molecule has 340 valence electrons. The molecule has 0 radical (unpaired) electrons. The second-order valence-corrected chi connectivity index (χ2v) is 19.3. The fourth-order valence-corrected chi connectivity index (χ4v) is 10.3. The van der Waals surface area contributed by atoms with Gasteiger partial charge in [0.15, 0.2) is 5.82 Å². The van der Waals surface area contributed by atoms with Gasteiger partial charge in [-0.1, -0.05) is 37.1 Å². The number of fused-ring (bicyclic) bond motifs is 5. The number of carbonyl (C=O) groups is 4. The molecule has 5 atom stereocenters. The molecule has 3 N–H and O–H groups in total. The van der Waals surface area contributed by atoms with Crippen molar-refractivity contribution in [3.8, 4) is 17.3 Å². The number of aromatic nitrogens is 2. The van der Waals surface area contributed by atoms with Gasteiger partial charge in [0.1, 0.15) is 46.7 Å². The van der Waals surface area contributed by atoms with Gasteiger partial charge in [-0.3, -0.25) is 19.1 Å². The summed E-state index contributed by atoms with van der Waals surface area (Å²) in [4.78, 5) is 66.8. The SMILES string of the molecule is O=C(N[C@H]1CCCCCC=C[C@@H]2C[C@@]2(C(=O)NS(=O)(=O)C2CC2)NC(=O)[C@@H]2C[C@@H](Oc3nc(-c4ccc(C(F)(F)F)cc4)nc4c3oc3cc(F)ccc34)CN2C1=O)OC1CCCC1. The molecule has 4 fully saturated rings. The number of ether oxygens (including phenoxy) is 2. The van der Waals surface area contributed by atoms with Gasteiger partial charge in [0, 0.05) is 29.4 Å². The summed E-state index contributed by atoms with van der Waals surface area (Å²) in [5.74, 6) is -3.70. The Labute approximate surface area is 364 Å². The lowest BCUT2D eigenvalue weighted by Crippen LogP contribution is -2.58. The highest BCUT2D eigenvalue weighted by Gasteiger charge is 2.62. The molecule has 0 unspecified atom stereocenters. The predicted octanol–water partition coefficient (Wildman–Crippen LogP) is 6.59. The van der Waals surface area contributed by atoms with Crippen LogP contribution in [0.1, 0.15) is 89.0 Å². The number of halogens is 4. The standard InChI is InChI=1S/C44H46F4N6O9S/c45-27-16-19-31-34(20-27)63-36-35(31)50-37(24-12-14-25(15-13-24)44(46,47)48)51-39(36)61-29-21-33-38(55)52-43(41(57)53-64(59,60)30-17-18-30)22-26(43)8-4-2-1-3-5-11-32(40(56)54(33)23-29)49-42(58)62-28-9-6-7-10-28/h4,8,12-16,19-20,26,28-30,32-33H,1-3,5-7,9-11,17-18,21-23H2,(H,49,58)(H,52,55)(H,53,57)/t26-,29-,32+,33+,43-/m1/s1. The van der Waals surface area contributed by atoms with Crippen LogP contribution in [0, 0.1) is 11.7 Å². The summed E-state index contributed by atoms with van der Waals surface area (Å²) in [7, 11) is -3.99. The molecule has 3 saturated carbocycles. The van der Waals surface area contributed by atoms with Crippen molar-refractivity contribution in [3.05, 3.63) is 66.0 Å². The largest absolute Gasteiger partial charge is 0.470 e. The summed E-state index contributed by atoms with van der Waals surface area (Å²) < 4.78 is 101. The molecule has 1 saturated heterocycles. The molecule has 0 bridgehead atoms. The van der Waals surface area contributed by atoms with Crippen LogP contribution in [0.2, 0.25) is 0 Å². The van der Waals surface area contributed by atoms with Crippen molar-refractivity contribution in [3.63, 3.8) is 0 Å². The minimum absolute atomic E-state index is 0.0363. The normalized spacial score (nSPS) is 25.8. The molecule has 15 nitrogen and oxygen atoms in total. The zero-order valence-electron chi connectivity index (χ0n) is 34.5. The van der Waals surface area contributed by atoms with E-state index >= 15 is 0 Å². The molecule has 2 aliphatic heterocycles. The number of nitrogens with zero attached hydrogens (tertiary/aromatic N) is 3. The first-order valence-corrected chi connectivity index (χ1v) is 23.2. The van der Waals surface area contributed by atoms with E-state index in [0.29, 0.717) is 50.3 Å². The number of alkyl halides is 3. The molecule has 4 amide bonds. The fourth-order valence-electron chi connectivity index (χ4n) is 8.95. The number of furan rings is 1. The van der Waals surface area contributed by atoms with Crippen LogP contribution in [0.5, 0.6) is 5.88 Å². The molecule has 5 aliphatic rings. The van der Waals surface area contributed by atoms with Crippen LogP contribution in [-0.2, 0) is 35.3 Å². The van der Waals surface area contributed by atoms with Crippen LogP contribution in [0.4, 0.5) is 22.4 Å². The van der Waals surface area contributed by atoms with Gasteiger partial charge in [0.05, 0.1) is 17.4 Å². The van der Waals surface area contributed by atoms with Gasteiger partial charge in [-0.2, -0.15) is 18.2 Å². The van der Waals surface area contributed by atoms with Crippen LogP contribution < -0.4 is 20.1 Å². The Bertz CT molecular complexity index is 2630. The van der Waals surface area contributed by atoms with Gasteiger partial charge in [-0.15, -0.1) is 0 Å². The van der Waals surface area contributed by atoms with Gasteiger partial charge < -0.3 is 29.4 Å². The number of hydrogen-bond donors (Lipinski definition) is 3.